The molecule has 0 saturated heterocycles. The third-order valence-corrected chi connectivity index (χ3v) is 5.21. The van der Waals surface area contributed by atoms with Crippen LogP contribution in [0.3, 0.4) is 0 Å². The van der Waals surface area contributed by atoms with E-state index >= 15 is 0 Å². The number of thiophene rings is 1. The normalized spacial score (nSPS) is 25.5. The molecule has 0 aliphatic heterocycles. The van der Waals surface area contributed by atoms with Gasteiger partial charge in [-0.15, -0.1) is 11.3 Å². The van der Waals surface area contributed by atoms with E-state index in [1.807, 2.05) is 6.07 Å². The summed E-state index contributed by atoms with van der Waals surface area (Å²) in [5, 5.41) is 9.31. The zero-order valence-corrected chi connectivity index (χ0v) is 12.1. The van der Waals surface area contributed by atoms with Gasteiger partial charge in [-0.05, 0) is 53.2 Å². The van der Waals surface area contributed by atoms with Crippen LogP contribution in [0.2, 0.25) is 0 Å². The third-order valence-electron chi connectivity index (χ3n) is 3.57. The SMILES string of the molecule is O=C(O)C1CCCCCC1Cc1ccc(Br)s1. The minimum Gasteiger partial charge on any atom is -0.481 e. The number of halogens is 1. The van der Waals surface area contributed by atoms with Gasteiger partial charge in [0.2, 0.25) is 0 Å². The van der Waals surface area contributed by atoms with Crippen LogP contribution in [0.1, 0.15) is 37.0 Å². The lowest BCUT2D eigenvalue weighted by Crippen LogP contribution is -2.24. The first-order chi connectivity index (χ1) is 8.16. The lowest BCUT2D eigenvalue weighted by atomic mass is 9.85. The van der Waals surface area contributed by atoms with Crippen molar-refractivity contribution in [3.05, 3.63) is 20.8 Å². The van der Waals surface area contributed by atoms with Crippen LogP contribution in [-0.2, 0) is 11.2 Å². The molecule has 0 radical (unpaired) electrons. The molecule has 0 bridgehead atoms. The predicted molar refractivity (Wildman–Crippen MR) is 73.4 cm³/mol. The van der Waals surface area contributed by atoms with Gasteiger partial charge in [0.1, 0.15) is 0 Å². The lowest BCUT2D eigenvalue weighted by molar-refractivity contribution is -0.143. The van der Waals surface area contributed by atoms with Gasteiger partial charge < -0.3 is 5.11 Å². The Morgan fingerprint density at radius 3 is 2.76 bits per heavy atom. The number of hydrogen-bond donors (Lipinski definition) is 1. The van der Waals surface area contributed by atoms with Gasteiger partial charge in [-0.25, -0.2) is 0 Å². The Morgan fingerprint density at radius 1 is 1.35 bits per heavy atom. The molecule has 2 nitrogen and oxygen atoms in total. The number of aliphatic carboxylic acids is 1. The molecule has 1 N–H and O–H groups in total. The average molecular weight is 317 g/mol. The molecule has 2 atom stereocenters. The van der Waals surface area contributed by atoms with E-state index in [1.54, 1.807) is 11.3 Å². The van der Waals surface area contributed by atoms with Crippen molar-refractivity contribution in [3.8, 4) is 0 Å². The van der Waals surface area contributed by atoms with Crippen molar-refractivity contribution in [2.45, 2.75) is 38.5 Å². The second-order valence-electron chi connectivity index (χ2n) is 4.75. The lowest BCUT2D eigenvalue weighted by Gasteiger charge is -2.20. The number of rotatable bonds is 3. The largest absolute Gasteiger partial charge is 0.481 e. The Balaban J connectivity index is 2.07. The Kier molecular flexibility index (Phi) is 4.62. The van der Waals surface area contributed by atoms with Crippen molar-refractivity contribution < 1.29 is 9.90 Å². The average Bonchev–Trinajstić information content (AvgIpc) is 2.55. The van der Waals surface area contributed by atoms with E-state index in [4.69, 9.17) is 0 Å². The first-order valence-corrected chi connectivity index (χ1v) is 7.75. The number of hydrogen-bond acceptors (Lipinski definition) is 2. The number of carboxylic acids is 1. The van der Waals surface area contributed by atoms with Crippen molar-refractivity contribution in [1.82, 2.24) is 0 Å². The van der Waals surface area contributed by atoms with Crippen LogP contribution in [0.15, 0.2) is 15.9 Å². The van der Waals surface area contributed by atoms with Crippen molar-refractivity contribution in [2.75, 3.05) is 0 Å². The van der Waals surface area contributed by atoms with Gasteiger partial charge in [0.15, 0.2) is 0 Å². The molecule has 2 rings (SSSR count). The smallest absolute Gasteiger partial charge is 0.306 e. The summed E-state index contributed by atoms with van der Waals surface area (Å²) in [6, 6.07) is 4.16. The van der Waals surface area contributed by atoms with Crippen LogP contribution in [0.25, 0.3) is 0 Å². The van der Waals surface area contributed by atoms with Crippen LogP contribution < -0.4 is 0 Å². The Bertz CT molecular complexity index is 389. The molecule has 2 unspecified atom stereocenters. The Labute approximate surface area is 114 Å². The highest BCUT2D eigenvalue weighted by molar-refractivity contribution is 9.11. The van der Waals surface area contributed by atoms with Crippen molar-refractivity contribution in [1.29, 1.82) is 0 Å². The summed E-state index contributed by atoms with van der Waals surface area (Å²) in [6.45, 7) is 0. The van der Waals surface area contributed by atoms with E-state index in [1.165, 1.54) is 17.7 Å². The zero-order chi connectivity index (χ0) is 12.3. The highest BCUT2D eigenvalue weighted by Gasteiger charge is 2.29. The first-order valence-electron chi connectivity index (χ1n) is 6.14. The predicted octanol–water partition coefficient (Wildman–Crippen LogP) is 4.33. The van der Waals surface area contributed by atoms with Gasteiger partial charge in [-0.3, -0.25) is 4.79 Å². The van der Waals surface area contributed by atoms with Crippen LogP contribution in [0.4, 0.5) is 0 Å². The molecule has 1 fully saturated rings. The summed E-state index contributed by atoms with van der Waals surface area (Å²) in [6.07, 6.45) is 6.28. The van der Waals surface area contributed by atoms with Crippen molar-refractivity contribution >= 4 is 33.2 Å². The summed E-state index contributed by atoms with van der Waals surface area (Å²) in [5.74, 6) is -0.425. The van der Waals surface area contributed by atoms with E-state index < -0.39 is 5.97 Å². The van der Waals surface area contributed by atoms with E-state index in [-0.39, 0.29) is 5.92 Å². The highest BCUT2D eigenvalue weighted by Crippen LogP contribution is 2.34. The molecule has 1 heterocycles. The van der Waals surface area contributed by atoms with E-state index in [9.17, 15) is 9.90 Å². The fourth-order valence-corrected chi connectivity index (χ4v) is 4.25. The van der Waals surface area contributed by atoms with Crippen LogP contribution in [0.5, 0.6) is 0 Å². The van der Waals surface area contributed by atoms with Gasteiger partial charge in [0, 0.05) is 4.88 Å². The molecule has 1 aliphatic carbocycles. The second-order valence-corrected chi connectivity index (χ2v) is 7.30. The minimum atomic E-state index is -0.604. The molecule has 0 aromatic carbocycles. The Morgan fingerprint density at radius 2 is 2.12 bits per heavy atom. The quantitative estimate of drug-likeness (QED) is 0.842. The summed E-state index contributed by atoms with van der Waals surface area (Å²) in [4.78, 5) is 12.6. The summed E-state index contributed by atoms with van der Waals surface area (Å²) < 4.78 is 1.13. The molecule has 1 saturated carbocycles. The molecule has 1 aromatic heterocycles. The fraction of sp³-hybridized carbons (Fsp3) is 0.615. The number of carboxylic acid groups (broad SMARTS) is 1. The maximum atomic E-state index is 11.3. The minimum absolute atomic E-state index is 0.140. The topological polar surface area (TPSA) is 37.3 Å². The highest BCUT2D eigenvalue weighted by atomic mass is 79.9. The molecule has 1 aromatic rings. The molecule has 1 aliphatic rings. The van der Waals surface area contributed by atoms with Crippen molar-refractivity contribution in [2.24, 2.45) is 11.8 Å². The van der Waals surface area contributed by atoms with Gasteiger partial charge in [-0.2, -0.15) is 0 Å². The zero-order valence-electron chi connectivity index (χ0n) is 9.69. The van der Waals surface area contributed by atoms with Crippen LogP contribution in [0, 0.1) is 11.8 Å². The first kappa shape index (κ1) is 13.1. The molecular formula is C13H17BrO2S. The second kappa shape index (κ2) is 6.01. The summed E-state index contributed by atoms with van der Waals surface area (Å²) in [5.41, 5.74) is 0. The summed E-state index contributed by atoms with van der Waals surface area (Å²) in [7, 11) is 0. The van der Waals surface area contributed by atoms with Gasteiger partial charge >= 0.3 is 5.97 Å². The monoisotopic (exact) mass is 316 g/mol. The van der Waals surface area contributed by atoms with Crippen LogP contribution in [-0.4, -0.2) is 11.1 Å². The maximum absolute atomic E-state index is 11.3. The van der Waals surface area contributed by atoms with Gasteiger partial charge in [-0.1, -0.05) is 19.3 Å². The van der Waals surface area contributed by atoms with E-state index in [0.29, 0.717) is 5.92 Å². The molecular weight excluding hydrogens is 300 g/mol. The van der Waals surface area contributed by atoms with Crippen LogP contribution >= 0.6 is 27.3 Å². The number of carbonyl (C=O) groups is 1. The molecule has 0 amide bonds. The van der Waals surface area contributed by atoms with Crippen molar-refractivity contribution in [3.63, 3.8) is 0 Å². The van der Waals surface area contributed by atoms with E-state index in [2.05, 4.69) is 22.0 Å². The van der Waals surface area contributed by atoms with E-state index in [0.717, 1.165) is 29.5 Å². The standard InChI is InChI=1S/C13H17BrO2S/c14-12-7-6-10(17-12)8-9-4-2-1-3-5-11(9)13(15)16/h6-7,9,11H,1-5,8H2,(H,15,16). The fourth-order valence-electron chi connectivity index (χ4n) is 2.67. The maximum Gasteiger partial charge on any atom is 0.306 e. The van der Waals surface area contributed by atoms with Gasteiger partial charge in [0.05, 0.1) is 9.70 Å². The Hall–Kier alpha value is -0.350. The third kappa shape index (κ3) is 3.55. The molecule has 4 heteroatoms. The molecule has 94 valence electrons. The van der Waals surface area contributed by atoms with Gasteiger partial charge in [0.25, 0.3) is 0 Å². The molecule has 0 spiro atoms. The summed E-state index contributed by atoms with van der Waals surface area (Å²) >= 11 is 5.18. The molecule has 17 heavy (non-hydrogen) atoms.